The Bertz CT molecular complexity index is 2970. The van der Waals surface area contributed by atoms with E-state index in [4.69, 9.17) is 15.0 Å². The lowest BCUT2D eigenvalue weighted by atomic mass is 9.96. The molecule has 0 amide bonds. The number of aromatic nitrogens is 3. The van der Waals surface area contributed by atoms with Crippen LogP contribution in [0.15, 0.2) is 200 Å². The maximum atomic E-state index is 5.25. The molecule has 0 fully saturated rings. The van der Waals surface area contributed by atoms with E-state index in [2.05, 4.69) is 188 Å². The van der Waals surface area contributed by atoms with Gasteiger partial charge in [-0.25, -0.2) is 15.0 Å². The molecule has 0 saturated carbocycles. The first-order valence-corrected chi connectivity index (χ1v) is 19.3. The molecule has 0 bridgehead atoms. The molecule has 10 rings (SSSR count). The van der Waals surface area contributed by atoms with Gasteiger partial charge in [0.2, 0.25) is 0 Å². The van der Waals surface area contributed by atoms with Gasteiger partial charge in [0.1, 0.15) is 0 Å². The van der Waals surface area contributed by atoms with Crippen molar-refractivity contribution in [2.45, 2.75) is 0 Å². The number of nitrogens with zero attached hydrogens (tertiary/aromatic N) is 3. The number of benzene rings is 8. The van der Waals surface area contributed by atoms with E-state index < -0.39 is 0 Å². The summed E-state index contributed by atoms with van der Waals surface area (Å²) in [6, 6.07) is 70.4. The molecule has 0 atom stereocenters. The van der Waals surface area contributed by atoms with Crippen molar-refractivity contribution in [3.05, 3.63) is 200 Å². The fourth-order valence-corrected chi connectivity index (χ4v) is 8.58. The van der Waals surface area contributed by atoms with E-state index >= 15 is 0 Å². The fourth-order valence-electron chi connectivity index (χ4n) is 7.44. The highest BCUT2D eigenvalue weighted by Gasteiger charge is 2.18. The second-order valence-corrected chi connectivity index (χ2v) is 14.7. The smallest absolute Gasteiger partial charge is 0.164 e. The quantitative estimate of drug-likeness (QED) is 0.165. The summed E-state index contributed by atoms with van der Waals surface area (Å²) in [5, 5.41) is 2.59. The Balaban J connectivity index is 1.12. The molecule has 0 aliphatic rings. The fraction of sp³-hybridized carbons (Fsp3) is 0. The van der Waals surface area contributed by atoms with Gasteiger partial charge in [0.05, 0.1) is 0 Å². The first-order chi connectivity index (χ1) is 27.2. The molecule has 2 heterocycles. The molecule has 0 N–H and O–H groups in total. The molecule has 0 unspecified atom stereocenters. The molecule has 10 aromatic rings. The lowest BCUT2D eigenvalue weighted by Gasteiger charge is -2.14. The lowest BCUT2D eigenvalue weighted by Crippen LogP contribution is -2.02. The summed E-state index contributed by atoms with van der Waals surface area (Å²) in [6.07, 6.45) is 0. The first-order valence-electron chi connectivity index (χ1n) is 18.4. The summed E-state index contributed by atoms with van der Waals surface area (Å²) >= 11 is 1.84. The van der Waals surface area contributed by atoms with Crippen LogP contribution >= 0.6 is 11.3 Å². The number of fused-ring (bicyclic) bond motifs is 3. The van der Waals surface area contributed by atoms with Crippen LogP contribution in [0.25, 0.3) is 98.8 Å². The molecule has 258 valence electrons. The number of hydrogen-bond donors (Lipinski definition) is 0. The third-order valence-corrected chi connectivity index (χ3v) is 11.3. The topological polar surface area (TPSA) is 38.7 Å². The summed E-state index contributed by atoms with van der Waals surface area (Å²) in [7, 11) is 0. The van der Waals surface area contributed by atoms with Gasteiger partial charge in [-0.05, 0) is 62.7 Å². The van der Waals surface area contributed by atoms with E-state index in [1.54, 1.807) is 0 Å². The van der Waals surface area contributed by atoms with Crippen molar-refractivity contribution in [2.75, 3.05) is 0 Å². The van der Waals surface area contributed by atoms with Gasteiger partial charge in [-0.3, -0.25) is 0 Å². The van der Waals surface area contributed by atoms with Crippen molar-refractivity contribution in [3.8, 4) is 78.7 Å². The van der Waals surface area contributed by atoms with Crippen LogP contribution in [0, 0.1) is 0 Å². The van der Waals surface area contributed by atoms with Gasteiger partial charge >= 0.3 is 0 Å². The Morgan fingerprint density at radius 2 is 0.691 bits per heavy atom. The minimum absolute atomic E-state index is 0.627. The summed E-state index contributed by atoms with van der Waals surface area (Å²) in [5.41, 5.74) is 11.8. The second-order valence-electron chi connectivity index (χ2n) is 13.6. The summed E-state index contributed by atoms with van der Waals surface area (Å²) in [6.45, 7) is 0. The van der Waals surface area contributed by atoms with Gasteiger partial charge in [-0.2, -0.15) is 0 Å². The van der Waals surface area contributed by atoms with E-state index in [0.717, 1.165) is 50.1 Å². The van der Waals surface area contributed by atoms with Crippen LogP contribution in [-0.4, -0.2) is 15.0 Å². The molecular weight excluding hydrogens is 687 g/mol. The zero-order valence-corrected chi connectivity index (χ0v) is 30.6. The van der Waals surface area contributed by atoms with E-state index in [1.807, 2.05) is 23.5 Å². The molecule has 0 aliphatic carbocycles. The average molecular weight is 720 g/mol. The molecule has 0 spiro atoms. The van der Waals surface area contributed by atoms with Crippen molar-refractivity contribution in [3.63, 3.8) is 0 Å². The Morgan fingerprint density at radius 3 is 1.38 bits per heavy atom. The summed E-state index contributed by atoms with van der Waals surface area (Å²) in [4.78, 5) is 15.7. The Kier molecular flexibility index (Phi) is 8.36. The molecule has 8 aromatic carbocycles. The molecule has 2 aromatic heterocycles. The van der Waals surface area contributed by atoms with Gasteiger partial charge < -0.3 is 0 Å². The second kappa shape index (κ2) is 14.1. The van der Waals surface area contributed by atoms with Crippen molar-refractivity contribution in [1.29, 1.82) is 0 Å². The maximum absolute atomic E-state index is 5.25. The van der Waals surface area contributed by atoms with E-state index in [1.165, 1.54) is 31.3 Å². The van der Waals surface area contributed by atoms with Crippen LogP contribution in [0.2, 0.25) is 0 Å². The Labute approximate surface area is 323 Å². The first kappa shape index (κ1) is 32.6. The predicted molar refractivity (Wildman–Crippen MR) is 231 cm³/mol. The molecule has 0 aliphatic heterocycles. The van der Waals surface area contributed by atoms with Crippen LogP contribution in [0.3, 0.4) is 0 Å². The normalized spacial score (nSPS) is 11.3. The average Bonchev–Trinajstić information content (AvgIpc) is 3.65. The minimum Gasteiger partial charge on any atom is -0.208 e. The van der Waals surface area contributed by atoms with Crippen molar-refractivity contribution in [2.24, 2.45) is 0 Å². The van der Waals surface area contributed by atoms with Crippen LogP contribution in [-0.2, 0) is 0 Å². The van der Waals surface area contributed by atoms with Gasteiger partial charge in [-0.1, -0.05) is 182 Å². The predicted octanol–water partition coefficient (Wildman–Crippen LogP) is 13.9. The van der Waals surface area contributed by atoms with Gasteiger partial charge in [0, 0.05) is 36.9 Å². The number of hydrogen-bond acceptors (Lipinski definition) is 4. The van der Waals surface area contributed by atoms with Crippen LogP contribution in [0.4, 0.5) is 0 Å². The van der Waals surface area contributed by atoms with Gasteiger partial charge in [0.25, 0.3) is 0 Å². The van der Waals surface area contributed by atoms with Crippen molar-refractivity contribution < 1.29 is 0 Å². The standard InChI is InChI=1S/C51H33N3S/c1-3-14-34(15-4-1)35-26-28-37(29-27-35)42-21-8-10-24-46(42)51-53-49(52-50(54-51)45-23-9-7-20-41(45)36-16-5-2-6-17-36)40-19-13-18-38(32-40)39-30-31-44-43-22-11-12-25-47(43)55-48(44)33-39/h1-33H. The highest BCUT2D eigenvalue weighted by Crippen LogP contribution is 2.39. The number of thiophene rings is 1. The van der Waals surface area contributed by atoms with E-state index in [-0.39, 0.29) is 0 Å². The third-order valence-electron chi connectivity index (χ3n) is 10.2. The van der Waals surface area contributed by atoms with E-state index in [9.17, 15) is 0 Å². The minimum atomic E-state index is 0.627. The van der Waals surface area contributed by atoms with Crippen molar-refractivity contribution in [1.82, 2.24) is 15.0 Å². The van der Waals surface area contributed by atoms with Crippen LogP contribution in [0.5, 0.6) is 0 Å². The summed E-state index contributed by atoms with van der Waals surface area (Å²) < 4.78 is 2.58. The van der Waals surface area contributed by atoms with Crippen LogP contribution in [0.1, 0.15) is 0 Å². The summed E-state index contributed by atoms with van der Waals surface area (Å²) in [5.74, 6) is 1.88. The zero-order valence-electron chi connectivity index (χ0n) is 29.8. The lowest BCUT2D eigenvalue weighted by molar-refractivity contribution is 1.07. The number of rotatable bonds is 7. The van der Waals surface area contributed by atoms with Gasteiger partial charge in [0.15, 0.2) is 17.5 Å². The van der Waals surface area contributed by atoms with E-state index in [0.29, 0.717) is 17.5 Å². The molecule has 4 heteroatoms. The van der Waals surface area contributed by atoms with Crippen molar-refractivity contribution >= 4 is 31.5 Å². The molecule has 0 radical (unpaired) electrons. The molecule has 3 nitrogen and oxygen atoms in total. The molecule has 0 saturated heterocycles. The molecule has 55 heavy (non-hydrogen) atoms. The Hall–Kier alpha value is -7.01. The highest BCUT2D eigenvalue weighted by molar-refractivity contribution is 7.25. The SMILES string of the molecule is c1ccc(-c2ccc(-c3ccccc3-c3nc(-c4cccc(-c5ccc6c(c5)sc5ccccc56)c4)nc(-c4ccccc4-c4ccccc4)n3)cc2)cc1. The largest absolute Gasteiger partial charge is 0.208 e. The maximum Gasteiger partial charge on any atom is 0.164 e. The Morgan fingerprint density at radius 1 is 0.255 bits per heavy atom. The monoisotopic (exact) mass is 719 g/mol. The molecular formula is C51H33N3S. The zero-order chi connectivity index (χ0) is 36.6. The van der Waals surface area contributed by atoms with Crippen LogP contribution < -0.4 is 0 Å². The third kappa shape index (κ3) is 6.29. The van der Waals surface area contributed by atoms with Gasteiger partial charge in [-0.15, -0.1) is 11.3 Å². The highest BCUT2D eigenvalue weighted by atomic mass is 32.1.